The molecule has 2 N–H and O–H groups in total. The molecule has 1 aliphatic rings. The Kier molecular flexibility index (Phi) is 4.56. The number of rotatable bonds is 6. The summed E-state index contributed by atoms with van der Waals surface area (Å²) in [5.74, 6) is -1.07. The van der Waals surface area contributed by atoms with Crippen molar-refractivity contribution in [3.05, 3.63) is 17.5 Å². The SMILES string of the molecule is O=C(O)C(CC1CCOC1)NS(=O)(=O)c1cccs1. The van der Waals surface area contributed by atoms with E-state index in [9.17, 15) is 13.2 Å². The molecule has 2 unspecified atom stereocenters. The number of sulfonamides is 1. The van der Waals surface area contributed by atoms with Gasteiger partial charge in [-0.15, -0.1) is 11.3 Å². The van der Waals surface area contributed by atoms with Crippen LogP contribution in [0.2, 0.25) is 0 Å². The number of hydrogen-bond acceptors (Lipinski definition) is 5. The first-order chi connectivity index (χ1) is 8.99. The van der Waals surface area contributed by atoms with Crippen LogP contribution in [0.1, 0.15) is 12.8 Å². The van der Waals surface area contributed by atoms with Crippen LogP contribution in [0.15, 0.2) is 21.7 Å². The highest BCUT2D eigenvalue weighted by molar-refractivity contribution is 7.91. The molecule has 2 rings (SSSR count). The molecular weight excluding hydrogens is 290 g/mol. The number of nitrogens with one attached hydrogen (secondary N) is 1. The van der Waals surface area contributed by atoms with Gasteiger partial charge >= 0.3 is 5.97 Å². The fourth-order valence-electron chi connectivity index (χ4n) is 1.96. The van der Waals surface area contributed by atoms with Crippen molar-refractivity contribution in [2.24, 2.45) is 5.92 Å². The number of carboxylic acids is 1. The average Bonchev–Trinajstić information content (AvgIpc) is 3.00. The number of hydrogen-bond donors (Lipinski definition) is 2. The summed E-state index contributed by atoms with van der Waals surface area (Å²) in [7, 11) is -3.76. The lowest BCUT2D eigenvalue weighted by molar-refractivity contribution is -0.139. The Bertz CT molecular complexity index is 519. The van der Waals surface area contributed by atoms with Crippen LogP contribution in [-0.2, 0) is 19.6 Å². The number of ether oxygens (including phenoxy) is 1. The molecule has 2 heterocycles. The molecule has 1 aliphatic heterocycles. The second kappa shape index (κ2) is 6.00. The Morgan fingerprint density at radius 2 is 2.42 bits per heavy atom. The van der Waals surface area contributed by atoms with E-state index >= 15 is 0 Å². The fraction of sp³-hybridized carbons (Fsp3) is 0.545. The summed E-state index contributed by atoms with van der Waals surface area (Å²) in [5.41, 5.74) is 0. The lowest BCUT2D eigenvalue weighted by Crippen LogP contribution is -2.41. The molecular formula is C11H15NO5S2. The third-order valence-corrected chi connectivity index (χ3v) is 5.82. The Hall–Kier alpha value is -0.960. The van der Waals surface area contributed by atoms with E-state index in [0.29, 0.717) is 13.2 Å². The van der Waals surface area contributed by atoms with Crippen LogP contribution in [0, 0.1) is 5.92 Å². The van der Waals surface area contributed by atoms with Crippen LogP contribution >= 0.6 is 11.3 Å². The monoisotopic (exact) mass is 305 g/mol. The topological polar surface area (TPSA) is 92.7 Å². The summed E-state index contributed by atoms with van der Waals surface area (Å²) in [5, 5.41) is 10.8. The van der Waals surface area contributed by atoms with Crippen molar-refractivity contribution in [1.82, 2.24) is 4.72 Å². The van der Waals surface area contributed by atoms with Crippen molar-refractivity contribution >= 4 is 27.3 Å². The number of carboxylic acid groups (broad SMARTS) is 1. The predicted molar refractivity (Wildman–Crippen MR) is 69.6 cm³/mol. The van der Waals surface area contributed by atoms with Gasteiger partial charge in [0.05, 0.1) is 0 Å². The molecule has 19 heavy (non-hydrogen) atoms. The first kappa shape index (κ1) is 14.4. The summed E-state index contributed by atoms with van der Waals surface area (Å²) < 4.78 is 31.5. The van der Waals surface area contributed by atoms with Gasteiger partial charge in [0.25, 0.3) is 10.0 Å². The molecule has 0 spiro atoms. The van der Waals surface area contributed by atoms with Crippen LogP contribution in [0.25, 0.3) is 0 Å². The van der Waals surface area contributed by atoms with E-state index in [1.54, 1.807) is 11.4 Å². The summed E-state index contributed by atoms with van der Waals surface area (Å²) in [4.78, 5) is 11.2. The van der Waals surface area contributed by atoms with Crippen molar-refractivity contribution in [1.29, 1.82) is 0 Å². The molecule has 6 nitrogen and oxygen atoms in total. The van der Waals surface area contributed by atoms with E-state index in [1.807, 2.05) is 0 Å². The van der Waals surface area contributed by atoms with Crippen LogP contribution in [0.3, 0.4) is 0 Å². The third kappa shape index (κ3) is 3.75. The highest BCUT2D eigenvalue weighted by Gasteiger charge is 2.30. The van der Waals surface area contributed by atoms with Crippen LogP contribution in [-0.4, -0.2) is 38.7 Å². The number of carbonyl (C=O) groups is 1. The molecule has 0 bridgehead atoms. The second-order valence-electron chi connectivity index (χ2n) is 4.41. The van der Waals surface area contributed by atoms with Gasteiger partial charge in [-0.05, 0) is 30.2 Å². The molecule has 106 valence electrons. The smallest absolute Gasteiger partial charge is 0.321 e. The lowest BCUT2D eigenvalue weighted by Gasteiger charge is -2.16. The minimum atomic E-state index is -3.76. The van der Waals surface area contributed by atoms with Crippen LogP contribution in [0.4, 0.5) is 0 Å². The maximum Gasteiger partial charge on any atom is 0.321 e. The first-order valence-corrected chi connectivity index (χ1v) is 8.21. The molecule has 1 saturated heterocycles. The molecule has 8 heteroatoms. The largest absolute Gasteiger partial charge is 0.480 e. The minimum Gasteiger partial charge on any atom is -0.480 e. The fourth-order valence-corrected chi connectivity index (χ4v) is 4.18. The Morgan fingerprint density at radius 1 is 1.63 bits per heavy atom. The molecule has 0 radical (unpaired) electrons. The summed E-state index contributed by atoms with van der Waals surface area (Å²) >= 11 is 1.06. The molecule has 1 fully saturated rings. The first-order valence-electron chi connectivity index (χ1n) is 5.85. The molecule has 0 aromatic carbocycles. The van der Waals surface area contributed by atoms with Gasteiger partial charge < -0.3 is 9.84 Å². The molecule has 2 atom stereocenters. The zero-order valence-corrected chi connectivity index (χ0v) is 11.7. The number of aliphatic carboxylic acids is 1. The summed E-state index contributed by atoms with van der Waals surface area (Å²) in [6.07, 6.45) is 1.02. The van der Waals surface area contributed by atoms with Gasteiger partial charge in [0.1, 0.15) is 10.3 Å². The van der Waals surface area contributed by atoms with Gasteiger partial charge in [0.2, 0.25) is 0 Å². The molecule has 1 aromatic heterocycles. The maximum atomic E-state index is 12.0. The third-order valence-electron chi connectivity index (χ3n) is 2.95. The highest BCUT2D eigenvalue weighted by Crippen LogP contribution is 2.21. The molecule has 1 aromatic rings. The maximum absolute atomic E-state index is 12.0. The van der Waals surface area contributed by atoms with E-state index < -0.39 is 22.0 Å². The lowest BCUT2D eigenvalue weighted by atomic mass is 10.00. The molecule has 0 amide bonds. The van der Waals surface area contributed by atoms with Crippen molar-refractivity contribution in [2.75, 3.05) is 13.2 Å². The number of thiophene rings is 1. The van der Waals surface area contributed by atoms with Crippen LogP contribution in [0.5, 0.6) is 0 Å². The molecule has 0 aliphatic carbocycles. The van der Waals surface area contributed by atoms with Gasteiger partial charge in [-0.25, -0.2) is 8.42 Å². The Labute approximate surface area is 115 Å². The van der Waals surface area contributed by atoms with E-state index in [2.05, 4.69) is 4.72 Å². The molecule has 0 saturated carbocycles. The van der Waals surface area contributed by atoms with Gasteiger partial charge in [-0.1, -0.05) is 6.07 Å². The standard InChI is InChI=1S/C11H15NO5S2/c13-11(14)9(6-8-3-4-17-7-8)12-19(15,16)10-2-1-5-18-10/h1-2,5,8-9,12H,3-4,6-7H2,(H,13,14). The van der Waals surface area contributed by atoms with E-state index in [0.717, 1.165) is 17.8 Å². The van der Waals surface area contributed by atoms with Crippen molar-refractivity contribution in [3.63, 3.8) is 0 Å². The zero-order chi connectivity index (χ0) is 13.9. The summed E-state index contributed by atoms with van der Waals surface area (Å²) in [6.45, 7) is 1.10. The Balaban J connectivity index is 2.06. The van der Waals surface area contributed by atoms with Gasteiger partial charge in [-0.2, -0.15) is 4.72 Å². The minimum absolute atomic E-state index is 0.0899. The second-order valence-corrected chi connectivity index (χ2v) is 7.30. The quantitative estimate of drug-likeness (QED) is 0.815. The highest BCUT2D eigenvalue weighted by atomic mass is 32.2. The van der Waals surface area contributed by atoms with Gasteiger partial charge in [0, 0.05) is 13.2 Å². The Morgan fingerprint density at radius 3 is 2.95 bits per heavy atom. The summed E-state index contributed by atoms with van der Waals surface area (Å²) in [6, 6.07) is 1.95. The van der Waals surface area contributed by atoms with Crippen LogP contribution < -0.4 is 4.72 Å². The van der Waals surface area contributed by atoms with Crippen molar-refractivity contribution in [3.8, 4) is 0 Å². The van der Waals surface area contributed by atoms with E-state index in [4.69, 9.17) is 9.84 Å². The van der Waals surface area contributed by atoms with Gasteiger partial charge in [-0.3, -0.25) is 4.79 Å². The normalized spacial score (nSPS) is 21.4. The average molecular weight is 305 g/mol. The predicted octanol–water partition coefficient (Wildman–Crippen LogP) is 0.906. The van der Waals surface area contributed by atoms with E-state index in [1.165, 1.54) is 6.07 Å². The van der Waals surface area contributed by atoms with Crippen molar-refractivity contribution < 1.29 is 23.1 Å². The van der Waals surface area contributed by atoms with Crippen molar-refractivity contribution in [2.45, 2.75) is 23.1 Å². The van der Waals surface area contributed by atoms with E-state index in [-0.39, 0.29) is 16.5 Å². The van der Waals surface area contributed by atoms with Gasteiger partial charge in [0.15, 0.2) is 0 Å². The zero-order valence-electron chi connectivity index (χ0n) is 10.1.